The fourth-order valence-electron chi connectivity index (χ4n) is 2.50. The fourth-order valence-corrected chi connectivity index (χ4v) is 2.90. The zero-order valence-electron chi connectivity index (χ0n) is 12.7. The Bertz CT molecular complexity index is 675. The van der Waals surface area contributed by atoms with Gasteiger partial charge in [-0.25, -0.2) is 14.0 Å². The van der Waals surface area contributed by atoms with Crippen LogP contribution in [0, 0.1) is 5.82 Å². The molecule has 5 nitrogen and oxygen atoms in total. The van der Waals surface area contributed by atoms with Gasteiger partial charge in [-0.2, -0.15) is 0 Å². The number of urea groups is 1. The quantitative estimate of drug-likeness (QED) is 0.751. The number of likely N-dealkylation sites (N-methyl/N-ethyl adjacent to an activating group) is 1. The summed E-state index contributed by atoms with van der Waals surface area (Å²) < 4.78 is 18.6. The number of methoxy groups -OCH3 is 1. The lowest BCUT2D eigenvalue weighted by atomic mass is 9.94. The Morgan fingerprint density at radius 2 is 2.00 bits per heavy atom. The lowest BCUT2D eigenvalue weighted by Crippen LogP contribution is -2.47. The third kappa shape index (κ3) is 2.61. The average Bonchev–Trinajstić information content (AvgIpc) is 2.50. The molecule has 1 aromatic rings. The Morgan fingerprint density at radius 3 is 2.55 bits per heavy atom. The van der Waals surface area contributed by atoms with Crippen LogP contribution in [0.5, 0.6) is 0 Å². The minimum Gasteiger partial charge on any atom is -0.466 e. The van der Waals surface area contributed by atoms with Crippen molar-refractivity contribution in [1.82, 2.24) is 9.80 Å². The van der Waals surface area contributed by atoms with Crippen LogP contribution in [0.2, 0.25) is 0 Å². The van der Waals surface area contributed by atoms with Gasteiger partial charge in [0.05, 0.1) is 23.2 Å². The highest BCUT2D eigenvalue weighted by Crippen LogP contribution is 2.37. The lowest BCUT2D eigenvalue weighted by Gasteiger charge is -2.39. The summed E-state index contributed by atoms with van der Waals surface area (Å²) in [6, 6.07) is 3.52. The molecule has 7 heteroatoms. The first-order chi connectivity index (χ1) is 10.3. The Kier molecular flexibility index (Phi) is 4.55. The van der Waals surface area contributed by atoms with Crippen molar-refractivity contribution >= 4 is 27.9 Å². The first kappa shape index (κ1) is 16.5. The van der Waals surface area contributed by atoms with E-state index in [4.69, 9.17) is 4.74 Å². The highest BCUT2D eigenvalue weighted by atomic mass is 79.9. The summed E-state index contributed by atoms with van der Waals surface area (Å²) in [6.07, 6.45) is 0. The predicted octanol–water partition coefficient (Wildman–Crippen LogP) is 3.07. The number of ether oxygens (including phenoxy) is 1. The molecule has 1 heterocycles. The number of nitrogens with zero attached hydrogens (tertiary/aromatic N) is 2. The highest BCUT2D eigenvalue weighted by molar-refractivity contribution is 9.10. The van der Waals surface area contributed by atoms with Crippen molar-refractivity contribution in [1.29, 1.82) is 0 Å². The molecule has 0 fully saturated rings. The van der Waals surface area contributed by atoms with Crippen molar-refractivity contribution in [3.8, 4) is 0 Å². The zero-order chi connectivity index (χ0) is 16.6. The van der Waals surface area contributed by atoms with Crippen LogP contribution in [0.15, 0.2) is 33.9 Å². The van der Waals surface area contributed by atoms with Gasteiger partial charge in [0, 0.05) is 19.8 Å². The second kappa shape index (κ2) is 6.08. The molecule has 1 aliphatic heterocycles. The normalized spacial score (nSPS) is 18.8. The summed E-state index contributed by atoms with van der Waals surface area (Å²) in [4.78, 5) is 27.3. The number of hydrogen-bond acceptors (Lipinski definition) is 3. The van der Waals surface area contributed by atoms with Crippen LogP contribution >= 0.6 is 15.9 Å². The maximum absolute atomic E-state index is 13.5. The van der Waals surface area contributed by atoms with Gasteiger partial charge >= 0.3 is 12.0 Å². The van der Waals surface area contributed by atoms with E-state index in [1.165, 1.54) is 23.0 Å². The van der Waals surface area contributed by atoms with Gasteiger partial charge in [0.15, 0.2) is 0 Å². The molecule has 1 aliphatic rings. The third-order valence-electron chi connectivity index (χ3n) is 3.81. The third-order valence-corrected chi connectivity index (χ3v) is 4.41. The van der Waals surface area contributed by atoms with Crippen LogP contribution in [-0.4, -0.2) is 43.0 Å². The minimum absolute atomic E-state index is 0.254. The summed E-state index contributed by atoms with van der Waals surface area (Å²) in [5, 5.41) is 0. The van der Waals surface area contributed by atoms with E-state index in [1.54, 1.807) is 33.2 Å². The van der Waals surface area contributed by atoms with E-state index in [1.807, 2.05) is 0 Å². The summed E-state index contributed by atoms with van der Waals surface area (Å²) in [5.74, 6) is -0.930. The van der Waals surface area contributed by atoms with Gasteiger partial charge in [0.1, 0.15) is 5.82 Å². The van der Waals surface area contributed by atoms with E-state index in [0.29, 0.717) is 16.8 Å². The van der Waals surface area contributed by atoms with Gasteiger partial charge in [-0.05, 0) is 40.5 Å². The molecule has 0 aromatic heterocycles. The van der Waals surface area contributed by atoms with Crippen LogP contribution in [0.1, 0.15) is 18.5 Å². The highest BCUT2D eigenvalue weighted by Gasteiger charge is 2.39. The maximum atomic E-state index is 13.5. The molecule has 22 heavy (non-hydrogen) atoms. The summed E-state index contributed by atoms with van der Waals surface area (Å²) in [7, 11) is 4.47. The van der Waals surface area contributed by atoms with Gasteiger partial charge in [0.2, 0.25) is 0 Å². The van der Waals surface area contributed by atoms with Gasteiger partial charge in [-0.1, -0.05) is 6.07 Å². The molecule has 0 spiro atoms. The Balaban J connectivity index is 2.65. The molecule has 0 bridgehead atoms. The fraction of sp³-hybridized carbons (Fsp3) is 0.333. The van der Waals surface area contributed by atoms with Gasteiger partial charge < -0.3 is 14.5 Å². The van der Waals surface area contributed by atoms with Crippen LogP contribution in [0.4, 0.5) is 9.18 Å². The molecule has 1 aromatic carbocycles. The van der Waals surface area contributed by atoms with E-state index in [-0.39, 0.29) is 10.5 Å². The number of rotatable bonds is 2. The van der Waals surface area contributed by atoms with Crippen molar-refractivity contribution in [2.75, 3.05) is 21.2 Å². The number of carbonyl (C=O) groups is 2. The van der Waals surface area contributed by atoms with Crippen LogP contribution in [-0.2, 0) is 9.53 Å². The Labute approximate surface area is 136 Å². The second-order valence-corrected chi connectivity index (χ2v) is 5.87. The van der Waals surface area contributed by atoms with Crippen molar-refractivity contribution in [2.45, 2.75) is 13.0 Å². The van der Waals surface area contributed by atoms with Crippen molar-refractivity contribution < 1.29 is 18.7 Å². The maximum Gasteiger partial charge on any atom is 0.337 e. The van der Waals surface area contributed by atoms with Gasteiger partial charge in [-0.15, -0.1) is 0 Å². The smallest absolute Gasteiger partial charge is 0.337 e. The lowest BCUT2D eigenvalue weighted by molar-refractivity contribution is -0.137. The van der Waals surface area contributed by atoms with Crippen LogP contribution < -0.4 is 0 Å². The molecule has 1 atom stereocenters. The van der Waals surface area contributed by atoms with Crippen molar-refractivity contribution in [3.63, 3.8) is 0 Å². The molecular formula is C15H16BrFN2O3. The number of halogens is 2. The average molecular weight is 371 g/mol. The first-order valence-electron chi connectivity index (χ1n) is 6.54. The van der Waals surface area contributed by atoms with Crippen LogP contribution in [0.25, 0.3) is 0 Å². The zero-order valence-corrected chi connectivity index (χ0v) is 14.3. The first-order valence-corrected chi connectivity index (χ1v) is 7.33. The van der Waals surface area contributed by atoms with Gasteiger partial charge in [0.25, 0.3) is 0 Å². The molecule has 0 unspecified atom stereocenters. The van der Waals surface area contributed by atoms with E-state index in [2.05, 4.69) is 15.9 Å². The molecule has 118 valence electrons. The number of benzene rings is 1. The van der Waals surface area contributed by atoms with E-state index in [9.17, 15) is 14.0 Å². The number of amides is 2. The summed E-state index contributed by atoms with van der Waals surface area (Å²) >= 11 is 3.13. The van der Waals surface area contributed by atoms with Crippen molar-refractivity contribution in [3.05, 3.63) is 45.3 Å². The van der Waals surface area contributed by atoms with Crippen LogP contribution in [0.3, 0.4) is 0 Å². The summed E-state index contributed by atoms with van der Waals surface area (Å²) in [6.45, 7) is 1.68. The second-order valence-electron chi connectivity index (χ2n) is 5.02. The minimum atomic E-state index is -0.631. The molecule has 0 saturated carbocycles. The molecule has 0 aliphatic carbocycles. The number of hydrogen-bond donors (Lipinski definition) is 0. The van der Waals surface area contributed by atoms with E-state index in [0.717, 1.165) is 0 Å². The number of esters is 1. The Morgan fingerprint density at radius 1 is 1.36 bits per heavy atom. The number of allylic oxidation sites excluding steroid dienone is 1. The largest absolute Gasteiger partial charge is 0.466 e. The molecule has 0 saturated heterocycles. The Hall–Kier alpha value is -1.89. The number of carbonyl (C=O) groups excluding carboxylic acids is 2. The SMILES string of the molecule is COC(=O)C1=C(C)N(C)C(=O)N(C)[C@H]1c1ccc(F)c(Br)c1. The standard InChI is InChI=1S/C15H16BrFN2O3/c1-8-12(14(20)22-4)13(19(3)15(21)18(8)2)9-5-6-11(17)10(16)7-9/h5-7,13H,1-4H3/t13-/m0/s1. The predicted molar refractivity (Wildman–Crippen MR) is 82.5 cm³/mol. The van der Waals surface area contributed by atoms with E-state index >= 15 is 0 Å². The molecular weight excluding hydrogens is 355 g/mol. The molecule has 0 N–H and O–H groups in total. The molecule has 2 rings (SSSR count). The van der Waals surface area contributed by atoms with Gasteiger partial charge in [-0.3, -0.25) is 0 Å². The molecule has 2 amide bonds. The monoisotopic (exact) mass is 370 g/mol. The molecule has 0 radical (unpaired) electrons. The topological polar surface area (TPSA) is 49.9 Å². The van der Waals surface area contributed by atoms with E-state index < -0.39 is 17.8 Å². The summed E-state index contributed by atoms with van der Waals surface area (Å²) in [5.41, 5.74) is 1.49. The van der Waals surface area contributed by atoms with Crippen molar-refractivity contribution in [2.24, 2.45) is 0 Å².